The SMILES string of the molecule is CC(C)N(CC(N)=O)C(=O)Nc1sccc1C(=O)O. The highest BCUT2D eigenvalue weighted by Gasteiger charge is 2.21. The minimum absolute atomic E-state index is 0.0149. The third-order valence-electron chi connectivity index (χ3n) is 2.33. The molecule has 19 heavy (non-hydrogen) atoms. The molecule has 0 spiro atoms. The number of thiophene rings is 1. The van der Waals surface area contributed by atoms with Gasteiger partial charge in [0.1, 0.15) is 11.5 Å². The van der Waals surface area contributed by atoms with E-state index in [4.69, 9.17) is 10.8 Å². The second kappa shape index (κ2) is 6.19. The lowest BCUT2D eigenvalue weighted by molar-refractivity contribution is -0.118. The molecule has 0 fully saturated rings. The summed E-state index contributed by atoms with van der Waals surface area (Å²) in [4.78, 5) is 35.0. The zero-order valence-electron chi connectivity index (χ0n) is 10.5. The van der Waals surface area contributed by atoms with Crippen LogP contribution in [0.2, 0.25) is 0 Å². The monoisotopic (exact) mass is 285 g/mol. The van der Waals surface area contributed by atoms with Crippen LogP contribution in [0.5, 0.6) is 0 Å². The van der Waals surface area contributed by atoms with Crippen molar-refractivity contribution in [3.05, 3.63) is 17.0 Å². The van der Waals surface area contributed by atoms with Gasteiger partial charge in [-0.2, -0.15) is 0 Å². The first-order valence-electron chi connectivity index (χ1n) is 5.49. The summed E-state index contributed by atoms with van der Waals surface area (Å²) in [5.74, 6) is -1.75. The molecular formula is C11H15N3O4S. The summed E-state index contributed by atoms with van der Waals surface area (Å²) in [6.07, 6.45) is 0. The highest BCUT2D eigenvalue weighted by Crippen LogP contribution is 2.23. The van der Waals surface area contributed by atoms with Gasteiger partial charge in [-0.15, -0.1) is 11.3 Å². The van der Waals surface area contributed by atoms with Crippen LogP contribution < -0.4 is 11.1 Å². The Balaban J connectivity index is 2.84. The fourth-order valence-electron chi connectivity index (χ4n) is 1.40. The predicted octanol–water partition coefficient (Wildman–Crippen LogP) is 1.17. The van der Waals surface area contributed by atoms with E-state index < -0.39 is 17.9 Å². The van der Waals surface area contributed by atoms with Gasteiger partial charge in [-0.1, -0.05) is 0 Å². The van der Waals surface area contributed by atoms with Gasteiger partial charge in [-0.25, -0.2) is 9.59 Å². The molecule has 0 bridgehead atoms. The van der Waals surface area contributed by atoms with E-state index in [1.54, 1.807) is 19.2 Å². The molecule has 1 aromatic heterocycles. The number of amides is 3. The van der Waals surface area contributed by atoms with Crippen LogP contribution in [-0.4, -0.2) is 40.5 Å². The number of nitrogens with one attached hydrogen (secondary N) is 1. The highest BCUT2D eigenvalue weighted by molar-refractivity contribution is 7.14. The summed E-state index contributed by atoms with van der Waals surface area (Å²) >= 11 is 1.10. The number of carbonyl (C=O) groups is 3. The van der Waals surface area contributed by atoms with Crippen LogP contribution in [0.1, 0.15) is 24.2 Å². The highest BCUT2D eigenvalue weighted by atomic mass is 32.1. The molecule has 4 N–H and O–H groups in total. The maximum atomic E-state index is 12.0. The van der Waals surface area contributed by atoms with Crippen LogP contribution in [-0.2, 0) is 4.79 Å². The van der Waals surface area contributed by atoms with Crippen molar-refractivity contribution in [2.24, 2.45) is 5.73 Å². The molecule has 0 unspecified atom stereocenters. The first-order chi connectivity index (χ1) is 8.82. The Hall–Kier alpha value is -2.09. The predicted molar refractivity (Wildman–Crippen MR) is 71.3 cm³/mol. The topological polar surface area (TPSA) is 113 Å². The molecule has 8 heteroatoms. The Morgan fingerprint density at radius 2 is 2.11 bits per heavy atom. The van der Waals surface area contributed by atoms with Crippen molar-refractivity contribution in [1.29, 1.82) is 0 Å². The summed E-state index contributed by atoms with van der Waals surface area (Å²) in [6.45, 7) is 3.24. The third kappa shape index (κ3) is 3.95. The fraction of sp³-hybridized carbons (Fsp3) is 0.364. The summed E-state index contributed by atoms with van der Waals surface area (Å²) in [7, 11) is 0. The van der Waals surface area contributed by atoms with Crippen LogP contribution in [0.3, 0.4) is 0 Å². The number of carboxylic acid groups (broad SMARTS) is 1. The largest absolute Gasteiger partial charge is 0.478 e. The normalized spacial score (nSPS) is 10.3. The zero-order chi connectivity index (χ0) is 14.6. The van der Waals surface area contributed by atoms with Crippen molar-refractivity contribution in [2.45, 2.75) is 19.9 Å². The average molecular weight is 285 g/mol. The van der Waals surface area contributed by atoms with E-state index in [0.29, 0.717) is 0 Å². The van der Waals surface area contributed by atoms with Gasteiger partial charge in [0.05, 0.1) is 5.56 Å². The molecule has 0 aromatic carbocycles. The summed E-state index contributed by atoms with van der Waals surface area (Å²) < 4.78 is 0. The van der Waals surface area contributed by atoms with Crippen LogP contribution in [0.4, 0.5) is 9.80 Å². The summed E-state index contributed by atoms with van der Waals surface area (Å²) in [6, 6.07) is 0.607. The number of nitrogens with zero attached hydrogens (tertiary/aromatic N) is 1. The number of rotatable bonds is 5. The molecule has 7 nitrogen and oxygen atoms in total. The lowest BCUT2D eigenvalue weighted by Crippen LogP contribution is -2.45. The van der Waals surface area contributed by atoms with Crippen molar-refractivity contribution in [3.63, 3.8) is 0 Å². The van der Waals surface area contributed by atoms with Gasteiger partial charge in [0.2, 0.25) is 5.91 Å². The molecule has 0 saturated carbocycles. The molecule has 1 heterocycles. The number of primary amides is 1. The van der Waals surface area contributed by atoms with Crippen LogP contribution in [0.15, 0.2) is 11.4 Å². The van der Waals surface area contributed by atoms with Crippen LogP contribution >= 0.6 is 11.3 Å². The lowest BCUT2D eigenvalue weighted by Gasteiger charge is -2.25. The summed E-state index contributed by atoms with van der Waals surface area (Å²) in [5, 5.41) is 13.2. The second-order valence-corrected chi connectivity index (χ2v) is 5.00. The Bertz CT molecular complexity index is 498. The lowest BCUT2D eigenvalue weighted by atomic mass is 10.3. The third-order valence-corrected chi connectivity index (χ3v) is 3.16. The number of carboxylic acids is 1. The quantitative estimate of drug-likeness (QED) is 0.753. The van der Waals surface area contributed by atoms with Gasteiger partial charge in [0.25, 0.3) is 0 Å². The number of hydrogen-bond donors (Lipinski definition) is 3. The minimum atomic E-state index is -1.12. The standard InChI is InChI=1S/C11H15N3O4S/c1-6(2)14(5-8(12)15)11(18)13-9-7(10(16)17)3-4-19-9/h3-4,6H,5H2,1-2H3,(H2,12,15)(H,13,18)(H,16,17). The maximum absolute atomic E-state index is 12.0. The summed E-state index contributed by atoms with van der Waals surface area (Å²) in [5.41, 5.74) is 5.08. The van der Waals surface area contributed by atoms with Crippen LogP contribution in [0, 0.1) is 0 Å². The first kappa shape index (κ1) is 15.0. The molecule has 3 amide bonds. The number of urea groups is 1. The van der Waals surface area contributed by atoms with Crippen LogP contribution in [0.25, 0.3) is 0 Å². The van der Waals surface area contributed by atoms with E-state index in [2.05, 4.69) is 5.32 Å². The van der Waals surface area contributed by atoms with Gasteiger partial charge in [0, 0.05) is 6.04 Å². The molecule has 0 aliphatic heterocycles. The van der Waals surface area contributed by atoms with Gasteiger partial charge in [0.15, 0.2) is 0 Å². The molecule has 104 valence electrons. The molecule has 1 aromatic rings. The molecule has 0 saturated heterocycles. The minimum Gasteiger partial charge on any atom is -0.478 e. The Morgan fingerprint density at radius 3 is 2.58 bits per heavy atom. The maximum Gasteiger partial charge on any atom is 0.338 e. The second-order valence-electron chi connectivity index (χ2n) is 4.09. The van der Waals surface area contributed by atoms with Gasteiger partial charge in [-0.05, 0) is 25.3 Å². The van der Waals surface area contributed by atoms with Crippen molar-refractivity contribution in [1.82, 2.24) is 4.90 Å². The van der Waals surface area contributed by atoms with E-state index in [0.717, 1.165) is 11.3 Å². The van der Waals surface area contributed by atoms with E-state index in [1.165, 1.54) is 11.0 Å². The smallest absolute Gasteiger partial charge is 0.338 e. The van der Waals surface area contributed by atoms with Crippen molar-refractivity contribution in [3.8, 4) is 0 Å². The first-order valence-corrected chi connectivity index (χ1v) is 6.37. The van der Waals surface area contributed by atoms with Gasteiger partial charge < -0.3 is 15.7 Å². The van der Waals surface area contributed by atoms with E-state index in [1.807, 2.05) is 0 Å². The zero-order valence-corrected chi connectivity index (χ0v) is 11.4. The van der Waals surface area contributed by atoms with Crippen molar-refractivity contribution >= 4 is 34.2 Å². The number of carbonyl (C=O) groups excluding carboxylic acids is 2. The van der Waals surface area contributed by atoms with Gasteiger partial charge >= 0.3 is 12.0 Å². The molecule has 0 atom stereocenters. The average Bonchev–Trinajstić information content (AvgIpc) is 2.73. The van der Waals surface area contributed by atoms with Crippen molar-refractivity contribution in [2.75, 3.05) is 11.9 Å². The molecular weight excluding hydrogens is 270 g/mol. The van der Waals surface area contributed by atoms with E-state index in [-0.39, 0.29) is 23.2 Å². The molecule has 0 radical (unpaired) electrons. The van der Waals surface area contributed by atoms with Gasteiger partial charge in [-0.3, -0.25) is 10.1 Å². The Labute approximate surface area is 114 Å². The molecule has 0 aliphatic carbocycles. The number of anilines is 1. The fourth-order valence-corrected chi connectivity index (χ4v) is 2.17. The molecule has 0 aliphatic rings. The van der Waals surface area contributed by atoms with Crippen molar-refractivity contribution < 1.29 is 19.5 Å². The number of aromatic carboxylic acids is 1. The molecule has 1 rings (SSSR count). The Kier molecular flexibility index (Phi) is 4.87. The number of hydrogen-bond acceptors (Lipinski definition) is 4. The van der Waals surface area contributed by atoms with E-state index in [9.17, 15) is 14.4 Å². The van der Waals surface area contributed by atoms with E-state index >= 15 is 0 Å². The Morgan fingerprint density at radius 1 is 1.47 bits per heavy atom. The number of nitrogens with two attached hydrogens (primary N) is 1.